The van der Waals surface area contributed by atoms with Gasteiger partial charge >= 0.3 is 6.03 Å². The highest BCUT2D eigenvalue weighted by Gasteiger charge is 2.39. The Labute approximate surface area is 330 Å². The first-order chi connectivity index (χ1) is 26.6. The predicted molar refractivity (Wildman–Crippen MR) is 209 cm³/mol. The summed E-state index contributed by atoms with van der Waals surface area (Å²) in [4.78, 5) is 50.8. The molecule has 3 N–H and O–H groups in total. The fourth-order valence-electron chi connectivity index (χ4n) is 4.64. The Morgan fingerprint density at radius 2 is 1.25 bits per heavy atom. The summed E-state index contributed by atoms with van der Waals surface area (Å²) in [6.45, 7) is 15.1. The van der Waals surface area contributed by atoms with Crippen molar-refractivity contribution >= 4 is 35.4 Å². The minimum Gasteiger partial charge on any atom is -0.487 e. The monoisotopic (exact) mass is 800 g/mol. The first-order valence-electron chi connectivity index (χ1n) is 19.1. The second-order valence-corrected chi connectivity index (χ2v) is 14.4. The number of hydrogen-bond donors (Lipinski definition) is 3. The van der Waals surface area contributed by atoms with E-state index in [2.05, 4.69) is 16.0 Å². The van der Waals surface area contributed by atoms with Crippen molar-refractivity contribution in [1.82, 2.24) is 20.9 Å². The van der Waals surface area contributed by atoms with Crippen LogP contribution in [0.4, 0.5) is 4.79 Å². The van der Waals surface area contributed by atoms with Gasteiger partial charge in [-0.3, -0.25) is 19.3 Å². The highest BCUT2D eigenvalue weighted by atomic mass is 32.2. The van der Waals surface area contributed by atoms with Crippen molar-refractivity contribution in [3.05, 3.63) is 23.8 Å². The summed E-state index contributed by atoms with van der Waals surface area (Å²) in [6, 6.07) is 5.08. The third-order valence-corrected chi connectivity index (χ3v) is 9.00. The molecule has 17 heteroatoms. The van der Waals surface area contributed by atoms with E-state index in [-0.39, 0.29) is 68.1 Å². The van der Waals surface area contributed by atoms with E-state index in [1.165, 1.54) is 16.7 Å². The summed E-state index contributed by atoms with van der Waals surface area (Å²) in [5, 5.41) is 7.97. The SMILES string of the molecule is CNCCOCCOCCOCCOc1ccc(CN2C(=O)CC(SCC(=O)C(C)C)C2=O)cc1OCCOCCOCCOCCNC(=O)NCC(C)C. The first-order valence-corrected chi connectivity index (χ1v) is 20.2. The van der Waals surface area contributed by atoms with Crippen molar-refractivity contribution < 1.29 is 57.1 Å². The number of Topliss-reactive ketones (excluding diaryl/α,β-unsaturated/α-hetero) is 1. The number of likely N-dealkylation sites (N-methyl/N-ethyl adjacent to an activating group) is 1. The van der Waals surface area contributed by atoms with E-state index in [0.717, 1.165) is 6.54 Å². The van der Waals surface area contributed by atoms with Gasteiger partial charge in [-0.15, -0.1) is 11.8 Å². The lowest BCUT2D eigenvalue weighted by atomic mass is 10.1. The minimum absolute atomic E-state index is 0.0490. The Morgan fingerprint density at radius 1 is 0.727 bits per heavy atom. The molecule has 1 aromatic carbocycles. The van der Waals surface area contributed by atoms with Crippen LogP contribution in [0.5, 0.6) is 11.5 Å². The van der Waals surface area contributed by atoms with E-state index in [1.807, 2.05) is 34.7 Å². The van der Waals surface area contributed by atoms with Crippen molar-refractivity contribution in [2.45, 2.75) is 45.9 Å². The van der Waals surface area contributed by atoms with Crippen molar-refractivity contribution in [3.8, 4) is 11.5 Å². The van der Waals surface area contributed by atoms with Crippen molar-refractivity contribution in [2.75, 3.05) is 125 Å². The molecule has 0 bridgehead atoms. The van der Waals surface area contributed by atoms with Crippen LogP contribution in [0.25, 0.3) is 0 Å². The van der Waals surface area contributed by atoms with Gasteiger partial charge in [0.05, 0.1) is 96.8 Å². The van der Waals surface area contributed by atoms with E-state index in [0.29, 0.717) is 109 Å². The van der Waals surface area contributed by atoms with Crippen LogP contribution in [0.15, 0.2) is 18.2 Å². The number of ketones is 1. The first kappa shape index (κ1) is 48.1. The van der Waals surface area contributed by atoms with E-state index in [1.54, 1.807) is 18.2 Å². The third kappa shape index (κ3) is 22.3. The predicted octanol–water partition coefficient (Wildman–Crippen LogP) is 2.30. The number of carbonyl (C=O) groups is 4. The summed E-state index contributed by atoms with van der Waals surface area (Å²) in [7, 11) is 1.87. The van der Waals surface area contributed by atoms with Crippen LogP contribution in [0, 0.1) is 11.8 Å². The van der Waals surface area contributed by atoms with Crippen LogP contribution in [0.2, 0.25) is 0 Å². The number of carbonyl (C=O) groups excluding carboxylic acids is 4. The number of hydrogen-bond acceptors (Lipinski definition) is 14. The van der Waals surface area contributed by atoms with Gasteiger partial charge in [0.2, 0.25) is 11.8 Å². The van der Waals surface area contributed by atoms with Gasteiger partial charge in [-0.1, -0.05) is 33.8 Å². The molecule has 0 spiro atoms. The summed E-state index contributed by atoms with van der Waals surface area (Å²) in [6.07, 6.45) is 0.0687. The molecule has 2 rings (SSSR count). The lowest BCUT2D eigenvalue weighted by Gasteiger charge is -2.18. The lowest BCUT2D eigenvalue weighted by Crippen LogP contribution is -2.39. The number of thioether (sulfide) groups is 1. The molecule has 1 aromatic rings. The van der Waals surface area contributed by atoms with Gasteiger partial charge in [0, 0.05) is 32.0 Å². The molecule has 16 nitrogen and oxygen atoms in total. The molecule has 0 aliphatic carbocycles. The maximum absolute atomic E-state index is 13.1. The molecular weight excluding hydrogens is 737 g/mol. The molecule has 1 heterocycles. The van der Waals surface area contributed by atoms with E-state index >= 15 is 0 Å². The number of urea groups is 1. The van der Waals surface area contributed by atoms with Crippen LogP contribution >= 0.6 is 11.8 Å². The number of ether oxygens (including phenoxy) is 8. The highest BCUT2D eigenvalue weighted by molar-refractivity contribution is 8.01. The van der Waals surface area contributed by atoms with Gasteiger partial charge in [0.1, 0.15) is 19.0 Å². The van der Waals surface area contributed by atoms with Gasteiger partial charge in [0.25, 0.3) is 0 Å². The number of likely N-dealkylation sites (tertiary alicyclic amines) is 1. The number of amides is 4. The quantitative estimate of drug-likeness (QED) is 0.0683. The zero-order valence-corrected chi connectivity index (χ0v) is 34.2. The van der Waals surface area contributed by atoms with Crippen LogP contribution in [0.3, 0.4) is 0 Å². The minimum atomic E-state index is -0.569. The number of nitrogens with zero attached hydrogens (tertiary/aromatic N) is 1. The van der Waals surface area contributed by atoms with Crippen molar-refractivity contribution in [2.24, 2.45) is 11.8 Å². The summed E-state index contributed by atoms with van der Waals surface area (Å²) >= 11 is 1.23. The third-order valence-electron chi connectivity index (χ3n) is 7.78. The zero-order valence-electron chi connectivity index (χ0n) is 33.4. The smallest absolute Gasteiger partial charge is 0.314 e. The fraction of sp³-hybridized carbons (Fsp3) is 0.737. The van der Waals surface area contributed by atoms with Gasteiger partial charge in [-0.05, 0) is 30.7 Å². The summed E-state index contributed by atoms with van der Waals surface area (Å²) < 4.78 is 45.2. The molecular formula is C38H64N4O12S. The molecule has 0 aromatic heterocycles. The average molecular weight is 801 g/mol. The largest absolute Gasteiger partial charge is 0.487 e. The second kappa shape index (κ2) is 30.2. The highest BCUT2D eigenvalue weighted by Crippen LogP contribution is 2.31. The molecule has 4 amide bonds. The van der Waals surface area contributed by atoms with Crippen LogP contribution < -0.4 is 25.4 Å². The fourth-order valence-corrected chi connectivity index (χ4v) is 5.87. The normalized spacial score (nSPS) is 14.3. The molecule has 1 fully saturated rings. The van der Waals surface area contributed by atoms with Crippen LogP contribution in [-0.4, -0.2) is 159 Å². The Balaban J connectivity index is 1.76. The van der Waals surface area contributed by atoms with E-state index in [4.69, 9.17) is 37.9 Å². The molecule has 0 saturated carbocycles. The van der Waals surface area contributed by atoms with Gasteiger partial charge < -0.3 is 53.8 Å². The van der Waals surface area contributed by atoms with Crippen molar-refractivity contribution in [3.63, 3.8) is 0 Å². The maximum atomic E-state index is 13.1. The molecule has 55 heavy (non-hydrogen) atoms. The Bertz CT molecular complexity index is 1240. The topological polar surface area (TPSA) is 181 Å². The molecule has 1 unspecified atom stereocenters. The Kier molecular flexibility index (Phi) is 26.4. The lowest BCUT2D eigenvalue weighted by molar-refractivity contribution is -0.138. The Morgan fingerprint density at radius 3 is 1.80 bits per heavy atom. The number of rotatable bonds is 34. The second-order valence-electron chi connectivity index (χ2n) is 13.2. The molecule has 1 saturated heterocycles. The number of nitrogens with one attached hydrogen (secondary N) is 3. The summed E-state index contributed by atoms with van der Waals surface area (Å²) in [5.74, 6) is 0.867. The summed E-state index contributed by atoms with van der Waals surface area (Å²) in [5.41, 5.74) is 0.693. The Hall–Kier alpha value is -3.03. The molecule has 1 aliphatic rings. The number of imide groups is 1. The van der Waals surface area contributed by atoms with Crippen molar-refractivity contribution in [1.29, 1.82) is 0 Å². The van der Waals surface area contributed by atoms with E-state index in [9.17, 15) is 19.2 Å². The molecule has 1 atom stereocenters. The van der Waals surface area contributed by atoms with Crippen LogP contribution in [-0.2, 0) is 49.3 Å². The van der Waals surface area contributed by atoms with Gasteiger partial charge in [-0.25, -0.2) is 4.79 Å². The van der Waals surface area contributed by atoms with Gasteiger partial charge in [-0.2, -0.15) is 0 Å². The number of benzene rings is 1. The standard InChI is InChI=1S/C38H64N4O12S/c1-29(2)26-41-38(46)40-9-11-48-13-15-50-17-19-52-21-23-54-34-24-31(27-42-36(44)25-35(37(42)45)55-28-32(43)30(3)4)6-7-33(34)53-22-20-51-18-16-49-14-12-47-10-8-39-5/h6-7,24,29-30,35,39H,8-23,25-28H2,1-5H3,(H2,40,41,46). The zero-order chi connectivity index (χ0) is 40.1. The maximum Gasteiger partial charge on any atom is 0.314 e. The van der Waals surface area contributed by atoms with Gasteiger partial charge in [0.15, 0.2) is 11.5 Å². The molecule has 0 radical (unpaired) electrons. The molecule has 1 aliphatic heterocycles. The van der Waals surface area contributed by atoms with E-state index < -0.39 is 5.25 Å². The van der Waals surface area contributed by atoms with Crippen LogP contribution in [0.1, 0.15) is 39.7 Å². The molecule has 314 valence electrons. The average Bonchev–Trinajstić information content (AvgIpc) is 3.43.